The molecule has 0 amide bonds. The van der Waals surface area contributed by atoms with E-state index in [-0.39, 0.29) is 12.1 Å². The summed E-state index contributed by atoms with van der Waals surface area (Å²) in [6.07, 6.45) is -2.50. The summed E-state index contributed by atoms with van der Waals surface area (Å²) in [6, 6.07) is 6.11. The average Bonchev–Trinajstić information content (AvgIpc) is 2.05. The van der Waals surface area contributed by atoms with Gasteiger partial charge in [0.15, 0.2) is 0 Å². The van der Waals surface area contributed by atoms with Crippen LogP contribution in [0.4, 0.5) is 8.78 Å². The van der Waals surface area contributed by atoms with E-state index in [0.717, 1.165) is 0 Å². The van der Waals surface area contributed by atoms with Crippen molar-refractivity contribution in [1.82, 2.24) is 4.98 Å². The van der Waals surface area contributed by atoms with Crippen LogP contribution in [0.2, 0.25) is 0 Å². The molecule has 0 fully saturated rings. The largest absolute Gasteiger partial charge is 0.280 e. The van der Waals surface area contributed by atoms with Crippen LogP contribution in [-0.4, -0.2) is 4.98 Å². The van der Waals surface area contributed by atoms with E-state index in [9.17, 15) is 8.78 Å². The van der Waals surface area contributed by atoms with Gasteiger partial charge < -0.3 is 0 Å². The van der Waals surface area contributed by atoms with Gasteiger partial charge in [-0.3, -0.25) is 4.98 Å². The standard InChI is InChI=1S/C8H6F2N2/c9-8(10)7-3-1-2-6(12-7)4-5-11/h1-3,8H,4H2. The lowest BCUT2D eigenvalue weighted by molar-refractivity contribution is 0.146. The summed E-state index contributed by atoms with van der Waals surface area (Å²) >= 11 is 0. The minimum absolute atomic E-state index is 0.0700. The zero-order valence-electron chi connectivity index (χ0n) is 6.17. The van der Waals surface area contributed by atoms with Crippen LogP contribution in [0.15, 0.2) is 18.2 Å². The smallest absolute Gasteiger partial charge is 0.251 e. The molecule has 1 aromatic heterocycles. The molecule has 0 aliphatic heterocycles. The third-order valence-electron chi connectivity index (χ3n) is 1.31. The van der Waals surface area contributed by atoms with E-state index in [1.165, 1.54) is 12.1 Å². The monoisotopic (exact) mass is 168 g/mol. The molecule has 0 aliphatic rings. The number of hydrogen-bond acceptors (Lipinski definition) is 2. The number of nitriles is 1. The fraction of sp³-hybridized carbons (Fsp3) is 0.250. The second-order valence-corrected chi connectivity index (χ2v) is 2.19. The van der Waals surface area contributed by atoms with Gasteiger partial charge in [0.1, 0.15) is 5.69 Å². The summed E-state index contributed by atoms with van der Waals surface area (Å²) in [6.45, 7) is 0. The molecule has 0 saturated heterocycles. The number of alkyl halides is 2. The van der Waals surface area contributed by atoms with E-state index < -0.39 is 6.43 Å². The third-order valence-corrected chi connectivity index (χ3v) is 1.31. The first-order valence-corrected chi connectivity index (χ1v) is 3.35. The summed E-state index contributed by atoms with van der Waals surface area (Å²) in [5, 5.41) is 8.27. The van der Waals surface area contributed by atoms with Crippen molar-refractivity contribution in [3.05, 3.63) is 29.6 Å². The number of rotatable bonds is 2. The lowest BCUT2D eigenvalue weighted by atomic mass is 10.2. The number of nitrogens with zero attached hydrogens (tertiary/aromatic N) is 2. The number of pyridine rings is 1. The second-order valence-electron chi connectivity index (χ2n) is 2.19. The fourth-order valence-corrected chi connectivity index (χ4v) is 0.799. The zero-order valence-corrected chi connectivity index (χ0v) is 6.17. The SMILES string of the molecule is N#CCc1cccc(C(F)F)n1. The average molecular weight is 168 g/mol. The molecule has 0 aliphatic carbocycles. The van der Waals surface area contributed by atoms with Gasteiger partial charge in [0.25, 0.3) is 6.43 Å². The highest BCUT2D eigenvalue weighted by Crippen LogP contribution is 2.15. The quantitative estimate of drug-likeness (QED) is 0.677. The van der Waals surface area contributed by atoms with E-state index in [1.54, 1.807) is 6.07 Å². The van der Waals surface area contributed by atoms with Crippen LogP contribution in [0.25, 0.3) is 0 Å². The Morgan fingerprint density at radius 3 is 2.83 bits per heavy atom. The van der Waals surface area contributed by atoms with Crippen LogP contribution in [0.1, 0.15) is 17.8 Å². The summed E-state index contributed by atoms with van der Waals surface area (Å²) in [7, 11) is 0. The lowest BCUT2D eigenvalue weighted by Crippen LogP contribution is -1.94. The predicted molar refractivity (Wildman–Crippen MR) is 38.5 cm³/mol. The maximum absolute atomic E-state index is 12.0. The lowest BCUT2D eigenvalue weighted by Gasteiger charge is -1.99. The van der Waals surface area contributed by atoms with Crippen LogP contribution in [-0.2, 0) is 6.42 Å². The highest BCUT2D eigenvalue weighted by molar-refractivity contribution is 5.14. The van der Waals surface area contributed by atoms with Crippen LogP contribution >= 0.6 is 0 Å². The topological polar surface area (TPSA) is 36.7 Å². The van der Waals surface area contributed by atoms with Gasteiger partial charge in [0.2, 0.25) is 0 Å². The maximum atomic E-state index is 12.0. The van der Waals surface area contributed by atoms with Crippen molar-refractivity contribution in [2.75, 3.05) is 0 Å². The van der Waals surface area contributed by atoms with E-state index in [4.69, 9.17) is 5.26 Å². The van der Waals surface area contributed by atoms with Gasteiger partial charge in [-0.15, -0.1) is 0 Å². The number of hydrogen-bond donors (Lipinski definition) is 0. The summed E-state index contributed by atoms with van der Waals surface area (Å²) in [5.74, 6) is 0. The minimum Gasteiger partial charge on any atom is -0.251 e. The van der Waals surface area contributed by atoms with Crippen molar-refractivity contribution in [2.24, 2.45) is 0 Å². The van der Waals surface area contributed by atoms with Crippen molar-refractivity contribution in [1.29, 1.82) is 5.26 Å². The Morgan fingerprint density at radius 1 is 1.50 bits per heavy atom. The first-order chi connectivity index (χ1) is 5.74. The molecule has 1 heterocycles. The molecular formula is C8H6F2N2. The predicted octanol–water partition coefficient (Wildman–Crippen LogP) is 2.09. The molecule has 1 aromatic rings. The van der Waals surface area contributed by atoms with Crippen molar-refractivity contribution >= 4 is 0 Å². The van der Waals surface area contributed by atoms with Gasteiger partial charge in [0.05, 0.1) is 18.2 Å². The molecule has 0 N–H and O–H groups in total. The molecule has 0 unspecified atom stereocenters. The Kier molecular flexibility index (Phi) is 2.70. The van der Waals surface area contributed by atoms with Crippen LogP contribution in [0.5, 0.6) is 0 Å². The van der Waals surface area contributed by atoms with E-state index >= 15 is 0 Å². The molecule has 4 heteroatoms. The zero-order chi connectivity index (χ0) is 8.97. The number of aromatic nitrogens is 1. The molecule has 0 spiro atoms. The van der Waals surface area contributed by atoms with E-state index in [2.05, 4.69) is 4.98 Å². The molecular weight excluding hydrogens is 162 g/mol. The van der Waals surface area contributed by atoms with Crippen LogP contribution in [0, 0.1) is 11.3 Å². The summed E-state index contributed by atoms with van der Waals surface area (Å²) < 4.78 is 24.1. The molecule has 0 radical (unpaired) electrons. The molecule has 0 aromatic carbocycles. The summed E-state index contributed by atoms with van der Waals surface area (Å²) in [4.78, 5) is 3.59. The molecule has 1 rings (SSSR count). The molecule has 0 atom stereocenters. The molecule has 62 valence electrons. The van der Waals surface area contributed by atoms with Crippen molar-refractivity contribution < 1.29 is 8.78 Å². The van der Waals surface area contributed by atoms with Crippen molar-refractivity contribution in [3.63, 3.8) is 0 Å². The molecule has 12 heavy (non-hydrogen) atoms. The van der Waals surface area contributed by atoms with Gasteiger partial charge in [-0.05, 0) is 12.1 Å². The van der Waals surface area contributed by atoms with Gasteiger partial charge in [-0.25, -0.2) is 8.78 Å². The van der Waals surface area contributed by atoms with Crippen LogP contribution < -0.4 is 0 Å². The van der Waals surface area contributed by atoms with Crippen LogP contribution in [0.3, 0.4) is 0 Å². The minimum atomic E-state index is -2.57. The van der Waals surface area contributed by atoms with Gasteiger partial charge in [0, 0.05) is 0 Å². The third kappa shape index (κ3) is 1.99. The Labute approximate surface area is 68.5 Å². The second kappa shape index (κ2) is 3.77. The first-order valence-electron chi connectivity index (χ1n) is 3.35. The molecule has 0 bridgehead atoms. The Morgan fingerprint density at radius 2 is 2.25 bits per heavy atom. The normalized spacial score (nSPS) is 9.83. The molecule has 2 nitrogen and oxygen atoms in total. The Balaban J connectivity index is 2.90. The van der Waals surface area contributed by atoms with Gasteiger partial charge in [-0.1, -0.05) is 6.07 Å². The first kappa shape index (κ1) is 8.60. The van der Waals surface area contributed by atoms with E-state index in [1.807, 2.05) is 6.07 Å². The Bertz CT molecular complexity index is 304. The van der Waals surface area contributed by atoms with Gasteiger partial charge >= 0.3 is 0 Å². The highest BCUT2D eigenvalue weighted by atomic mass is 19.3. The molecule has 0 saturated carbocycles. The van der Waals surface area contributed by atoms with Crippen molar-refractivity contribution in [2.45, 2.75) is 12.8 Å². The van der Waals surface area contributed by atoms with Crippen molar-refractivity contribution in [3.8, 4) is 6.07 Å². The van der Waals surface area contributed by atoms with E-state index in [0.29, 0.717) is 5.69 Å². The fourth-order valence-electron chi connectivity index (χ4n) is 0.799. The number of halogens is 2. The maximum Gasteiger partial charge on any atom is 0.280 e. The highest BCUT2D eigenvalue weighted by Gasteiger charge is 2.08. The summed E-state index contributed by atoms with van der Waals surface area (Å²) in [5.41, 5.74) is 0.109. The Hall–Kier alpha value is -1.50. The van der Waals surface area contributed by atoms with Gasteiger partial charge in [-0.2, -0.15) is 5.26 Å².